The van der Waals surface area contributed by atoms with Crippen LogP contribution in [0.5, 0.6) is 0 Å². The zero-order chi connectivity index (χ0) is 22.2. The summed E-state index contributed by atoms with van der Waals surface area (Å²) >= 11 is 3.32. The van der Waals surface area contributed by atoms with E-state index in [0.717, 1.165) is 38.5 Å². The number of ketones is 1. The highest BCUT2D eigenvalue weighted by molar-refractivity contribution is 9.09. The SMILES string of the molecule is C[C@H]1CC2C3CCC4=CC(=[N+]5CCCC5)CC[C@]4(C)[C@@]3(O)CC[C@]2(C)[C@@]1(O)C(=O)CBr.[Br-]. The molecule has 5 rings (SSSR count). The Kier molecular flexibility index (Phi) is 6.48. The third-order valence-electron chi connectivity index (χ3n) is 10.8. The summed E-state index contributed by atoms with van der Waals surface area (Å²) < 4.78 is 2.56. The number of aliphatic hydroxyl groups is 2. The van der Waals surface area contributed by atoms with Crippen molar-refractivity contribution in [3.63, 3.8) is 0 Å². The van der Waals surface area contributed by atoms with Gasteiger partial charge in [-0.3, -0.25) is 4.79 Å². The first kappa shape index (κ1) is 25.1. The molecule has 2 unspecified atom stereocenters. The number of fused-ring (bicyclic) bond motifs is 5. The summed E-state index contributed by atoms with van der Waals surface area (Å²) in [7, 11) is 0. The fourth-order valence-corrected chi connectivity index (χ4v) is 9.24. The first-order valence-electron chi connectivity index (χ1n) is 12.5. The quantitative estimate of drug-likeness (QED) is 0.387. The average Bonchev–Trinajstić information content (AvgIpc) is 3.35. The molecule has 0 spiro atoms. The van der Waals surface area contributed by atoms with E-state index < -0.39 is 16.6 Å². The van der Waals surface area contributed by atoms with Gasteiger partial charge in [0.2, 0.25) is 0 Å². The number of Topliss-reactive ketones (excluding diaryl/α,β-unsaturated/α-hetero) is 1. The van der Waals surface area contributed by atoms with Crippen LogP contribution in [0.15, 0.2) is 11.6 Å². The van der Waals surface area contributed by atoms with Crippen molar-refractivity contribution >= 4 is 27.4 Å². The van der Waals surface area contributed by atoms with E-state index in [4.69, 9.17) is 0 Å². The number of hydrogen-bond acceptors (Lipinski definition) is 3. The van der Waals surface area contributed by atoms with Gasteiger partial charge in [0.1, 0.15) is 18.7 Å². The molecule has 1 saturated heterocycles. The molecule has 4 fully saturated rings. The summed E-state index contributed by atoms with van der Waals surface area (Å²) in [5.74, 6) is 0.194. The van der Waals surface area contributed by atoms with Crippen molar-refractivity contribution in [2.24, 2.45) is 28.6 Å². The average molecular weight is 573 g/mol. The van der Waals surface area contributed by atoms with Gasteiger partial charge in [-0.1, -0.05) is 42.3 Å². The van der Waals surface area contributed by atoms with Gasteiger partial charge in [0.05, 0.1) is 10.9 Å². The van der Waals surface area contributed by atoms with Crippen LogP contribution in [0.1, 0.15) is 78.6 Å². The lowest BCUT2D eigenvalue weighted by Crippen LogP contribution is -3.00. The topological polar surface area (TPSA) is 60.5 Å². The summed E-state index contributed by atoms with van der Waals surface area (Å²) in [5.41, 5.74) is 0.264. The van der Waals surface area contributed by atoms with E-state index in [2.05, 4.69) is 40.4 Å². The van der Waals surface area contributed by atoms with E-state index >= 15 is 0 Å². The molecule has 0 aromatic carbocycles. The van der Waals surface area contributed by atoms with Gasteiger partial charge in [0.25, 0.3) is 0 Å². The van der Waals surface area contributed by atoms with E-state index in [1.54, 1.807) is 0 Å². The molecule has 0 aromatic rings. The lowest BCUT2D eigenvalue weighted by atomic mass is 9.44. The Bertz CT molecular complexity index is 863. The third-order valence-corrected chi connectivity index (χ3v) is 11.3. The van der Waals surface area contributed by atoms with Crippen LogP contribution in [-0.2, 0) is 4.79 Å². The minimum absolute atomic E-state index is 0. The molecule has 4 nitrogen and oxygen atoms in total. The molecule has 1 heterocycles. The molecule has 0 aromatic heterocycles. The van der Waals surface area contributed by atoms with Crippen molar-refractivity contribution in [1.29, 1.82) is 0 Å². The van der Waals surface area contributed by atoms with Crippen molar-refractivity contribution in [3.8, 4) is 0 Å². The Balaban J connectivity index is 0.00000245. The van der Waals surface area contributed by atoms with E-state index in [1.807, 2.05) is 6.92 Å². The number of carbonyl (C=O) groups is 1. The third kappa shape index (κ3) is 3.04. The summed E-state index contributed by atoms with van der Waals surface area (Å²) in [6.45, 7) is 8.84. The van der Waals surface area contributed by atoms with Crippen molar-refractivity contribution in [2.45, 2.75) is 89.8 Å². The molecule has 0 radical (unpaired) electrons. The molecule has 4 aliphatic carbocycles. The van der Waals surface area contributed by atoms with Gasteiger partial charge in [-0.15, -0.1) is 0 Å². The van der Waals surface area contributed by atoms with Crippen molar-refractivity contribution in [1.82, 2.24) is 0 Å². The molecule has 3 saturated carbocycles. The predicted octanol–water partition coefficient (Wildman–Crippen LogP) is 1.26. The number of carbonyl (C=O) groups excluding carboxylic acids is 1. The minimum atomic E-state index is -1.29. The number of alkyl halides is 1. The number of hydrogen-bond donors (Lipinski definition) is 2. The van der Waals surface area contributed by atoms with Crippen LogP contribution in [0.3, 0.4) is 0 Å². The van der Waals surface area contributed by atoms with Crippen LogP contribution in [0.25, 0.3) is 0 Å². The van der Waals surface area contributed by atoms with Gasteiger partial charge < -0.3 is 27.2 Å². The molecule has 6 heteroatoms. The maximum atomic E-state index is 12.9. The Morgan fingerprint density at radius 3 is 2.47 bits per heavy atom. The van der Waals surface area contributed by atoms with E-state index in [1.165, 1.54) is 37.2 Å². The Hall–Kier alpha value is -0.0400. The van der Waals surface area contributed by atoms with Crippen LogP contribution < -0.4 is 17.0 Å². The second-order valence-corrected chi connectivity index (χ2v) is 12.3. The molecule has 0 amide bonds. The van der Waals surface area contributed by atoms with E-state index in [-0.39, 0.29) is 51.3 Å². The van der Waals surface area contributed by atoms with Crippen molar-refractivity contribution in [2.75, 3.05) is 18.4 Å². The number of halogens is 2. The molecular formula is C26H39Br2NO3. The summed E-state index contributed by atoms with van der Waals surface area (Å²) in [6.07, 6.45) is 11.3. The monoisotopic (exact) mass is 571 g/mol. The van der Waals surface area contributed by atoms with Crippen molar-refractivity contribution in [3.05, 3.63) is 11.6 Å². The van der Waals surface area contributed by atoms with Gasteiger partial charge in [-0.05, 0) is 56.3 Å². The van der Waals surface area contributed by atoms with Crippen LogP contribution in [0.2, 0.25) is 0 Å². The van der Waals surface area contributed by atoms with Crippen molar-refractivity contribution < 1.29 is 36.6 Å². The molecule has 2 N–H and O–H groups in total. The van der Waals surface area contributed by atoms with Gasteiger partial charge in [-0.2, -0.15) is 0 Å². The lowest BCUT2D eigenvalue weighted by Gasteiger charge is -2.63. The smallest absolute Gasteiger partial charge is 0.175 e. The molecule has 180 valence electrons. The maximum absolute atomic E-state index is 12.9. The molecular weight excluding hydrogens is 534 g/mol. The molecule has 7 atom stereocenters. The first-order chi connectivity index (χ1) is 14.6. The largest absolute Gasteiger partial charge is 1.00 e. The van der Waals surface area contributed by atoms with Crippen LogP contribution >= 0.6 is 15.9 Å². The highest BCUT2D eigenvalue weighted by Gasteiger charge is 2.72. The zero-order valence-corrected chi connectivity index (χ0v) is 23.0. The molecule has 32 heavy (non-hydrogen) atoms. The molecule has 0 bridgehead atoms. The second kappa shape index (κ2) is 8.27. The van der Waals surface area contributed by atoms with Gasteiger partial charge in [0, 0.05) is 36.2 Å². The fraction of sp³-hybridized carbons (Fsp3) is 0.846. The van der Waals surface area contributed by atoms with Crippen LogP contribution in [0.4, 0.5) is 0 Å². The maximum Gasteiger partial charge on any atom is 0.175 e. The van der Waals surface area contributed by atoms with E-state index in [9.17, 15) is 15.0 Å². The summed E-state index contributed by atoms with van der Waals surface area (Å²) in [4.78, 5) is 12.9. The molecule has 1 aliphatic heterocycles. The fourth-order valence-electron chi connectivity index (χ4n) is 8.81. The number of allylic oxidation sites excluding steroid dienone is 1. The summed E-state index contributed by atoms with van der Waals surface area (Å²) in [5, 5.41) is 24.3. The Labute approximate surface area is 211 Å². The minimum Gasteiger partial charge on any atom is -1.00 e. The van der Waals surface area contributed by atoms with E-state index in [0.29, 0.717) is 6.42 Å². The first-order valence-corrected chi connectivity index (χ1v) is 13.6. The zero-order valence-electron chi connectivity index (χ0n) is 19.8. The molecule has 5 aliphatic rings. The number of nitrogens with zero attached hydrogens (tertiary/aromatic N) is 1. The van der Waals surface area contributed by atoms with Crippen LogP contribution in [-0.4, -0.2) is 55.9 Å². The van der Waals surface area contributed by atoms with Gasteiger partial charge in [0.15, 0.2) is 11.5 Å². The Morgan fingerprint density at radius 1 is 1.12 bits per heavy atom. The van der Waals surface area contributed by atoms with Crippen LogP contribution in [0, 0.1) is 28.6 Å². The number of rotatable bonds is 2. The highest BCUT2D eigenvalue weighted by atomic mass is 79.9. The lowest BCUT2D eigenvalue weighted by molar-refractivity contribution is -0.506. The predicted molar refractivity (Wildman–Crippen MR) is 126 cm³/mol. The second-order valence-electron chi connectivity index (χ2n) is 11.7. The highest BCUT2D eigenvalue weighted by Crippen LogP contribution is 2.70. The Morgan fingerprint density at radius 2 is 1.81 bits per heavy atom. The van der Waals surface area contributed by atoms with Gasteiger partial charge in [-0.25, -0.2) is 4.58 Å². The van der Waals surface area contributed by atoms with Gasteiger partial charge >= 0.3 is 0 Å². The standard InChI is InChI=1S/C26H39BrNO3.BrH/c1-17-14-21-20-7-6-18-15-19(28-12-4-5-13-28)8-9-23(18,2)25(20,30)11-10-24(21,3)26(17,31)22(29)16-27;/h15,17,20-21,30-31H,4-14,16H2,1-3H3;1H/q+1;/p-1/t17-,20?,21?,23-,24-,25+,26-;/m0./s1. The summed E-state index contributed by atoms with van der Waals surface area (Å²) in [6, 6.07) is 0. The normalized spacial score (nSPS) is 47.8.